The number of methoxy groups -OCH3 is 1. The molecule has 2 aromatic rings. The fourth-order valence-corrected chi connectivity index (χ4v) is 6.53. The van der Waals surface area contributed by atoms with Gasteiger partial charge in [0.2, 0.25) is 0 Å². The molecule has 1 aromatic heterocycles. The number of hydrogen-bond donors (Lipinski definition) is 0. The third-order valence-corrected chi connectivity index (χ3v) is 8.22. The summed E-state index contributed by atoms with van der Waals surface area (Å²) in [6, 6.07) is 1.56. The lowest BCUT2D eigenvalue weighted by Gasteiger charge is -2.45. The summed E-state index contributed by atoms with van der Waals surface area (Å²) in [5, 5.41) is 1.53. The van der Waals surface area contributed by atoms with Crippen LogP contribution in [0.1, 0.15) is 46.2 Å². The lowest BCUT2D eigenvalue weighted by molar-refractivity contribution is -0.0395. The Kier molecular flexibility index (Phi) is 7.81. The summed E-state index contributed by atoms with van der Waals surface area (Å²) in [4.78, 5) is 35.7. The molecule has 4 rings (SSSR count). The first-order chi connectivity index (χ1) is 16.9. The number of amides is 1. The number of halogens is 1. The molecule has 0 radical (unpaired) electrons. The van der Waals surface area contributed by atoms with E-state index in [1.54, 1.807) is 28.3 Å². The van der Waals surface area contributed by atoms with Crippen molar-refractivity contribution in [2.24, 2.45) is 0 Å². The molecular formula is C25H35ClN4O5S. The Balaban J connectivity index is 1.74. The average Bonchev–Trinajstić information content (AvgIpc) is 2.77. The molecule has 36 heavy (non-hydrogen) atoms. The van der Waals surface area contributed by atoms with Gasteiger partial charge < -0.3 is 19.1 Å². The Morgan fingerprint density at radius 2 is 1.92 bits per heavy atom. The molecule has 1 fully saturated rings. The first kappa shape index (κ1) is 27.0. The molecule has 0 spiro atoms. The minimum absolute atomic E-state index is 0.131. The first-order valence-corrected chi connectivity index (χ1v) is 13.5. The van der Waals surface area contributed by atoms with E-state index < -0.39 is 5.60 Å². The normalized spacial score (nSPS) is 22.3. The number of benzene rings is 1. The highest BCUT2D eigenvalue weighted by molar-refractivity contribution is 7.99. The van der Waals surface area contributed by atoms with Gasteiger partial charge in [0.1, 0.15) is 18.2 Å². The second kappa shape index (κ2) is 10.4. The van der Waals surface area contributed by atoms with Crippen molar-refractivity contribution < 1.29 is 19.0 Å². The Bertz CT molecular complexity index is 1200. The van der Waals surface area contributed by atoms with E-state index in [-0.39, 0.29) is 36.7 Å². The van der Waals surface area contributed by atoms with Crippen molar-refractivity contribution in [2.45, 2.75) is 70.2 Å². The van der Waals surface area contributed by atoms with Gasteiger partial charge in [-0.15, -0.1) is 11.8 Å². The quantitative estimate of drug-likeness (QED) is 0.407. The summed E-state index contributed by atoms with van der Waals surface area (Å²) in [6.07, 6.45) is -0.329. The number of anilines is 1. The van der Waals surface area contributed by atoms with Crippen molar-refractivity contribution in [3.63, 3.8) is 0 Å². The van der Waals surface area contributed by atoms with Crippen molar-refractivity contribution in [2.75, 3.05) is 44.3 Å². The third-order valence-electron chi connectivity index (χ3n) is 6.39. The van der Waals surface area contributed by atoms with Gasteiger partial charge in [-0.05, 0) is 53.2 Å². The monoisotopic (exact) mass is 538 g/mol. The number of carbonyl (C=O) groups excluding carboxylic acids is 1. The molecule has 9 nitrogen and oxygen atoms in total. The topological polar surface area (TPSA) is 86.1 Å². The average molecular weight is 539 g/mol. The number of nitrogens with zero attached hydrogens (tertiary/aromatic N) is 4. The van der Waals surface area contributed by atoms with Crippen LogP contribution < -0.4 is 10.6 Å². The molecule has 2 aliphatic rings. The Morgan fingerprint density at radius 1 is 1.25 bits per heavy atom. The zero-order valence-electron chi connectivity index (χ0n) is 22.0. The van der Waals surface area contributed by atoms with Crippen LogP contribution >= 0.6 is 23.4 Å². The minimum atomic E-state index is -0.571. The Morgan fingerprint density at radius 3 is 2.53 bits per heavy atom. The maximum Gasteiger partial charge on any atom is 0.410 e. The lowest BCUT2D eigenvalue weighted by atomic mass is 10.1. The lowest BCUT2D eigenvalue weighted by Crippen LogP contribution is -2.60. The number of piperazine rings is 1. The first-order valence-electron chi connectivity index (χ1n) is 12.1. The van der Waals surface area contributed by atoms with Crippen LogP contribution in [-0.2, 0) is 14.2 Å². The maximum atomic E-state index is 13.4. The summed E-state index contributed by atoms with van der Waals surface area (Å²) >= 11 is 8.35. The van der Waals surface area contributed by atoms with Gasteiger partial charge in [0.25, 0.3) is 0 Å². The van der Waals surface area contributed by atoms with E-state index in [1.807, 2.05) is 47.6 Å². The van der Waals surface area contributed by atoms with Crippen LogP contribution in [0, 0.1) is 6.92 Å². The maximum absolute atomic E-state index is 13.4. The second-order valence-electron chi connectivity index (χ2n) is 10.6. The van der Waals surface area contributed by atoms with E-state index in [0.29, 0.717) is 36.3 Å². The molecule has 3 atom stereocenters. The van der Waals surface area contributed by atoms with Crippen molar-refractivity contribution >= 4 is 46.2 Å². The van der Waals surface area contributed by atoms with E-state index in [2.05, 4.69) is 9.88 Å². The number of ether oxygens (including phenoxy) is 3. The standard InChI is InChI=1S/C25H35ClN4O5S/c1-14-8-18-20-21(19(14)26)36-12-17(11-34-13-33-7)30(20)23(31)27-22(18)28-9-15(2)29(16(3)10-28)24(32)35-25(4,5)6/h8,15-17H,9-13H2,1-7H3/t15-,16+,17-/m0/s1. The fourth-order valence-electron chi connectivity index (χ4n) is 4.99. The van der Waals surface area contributed by atoms with Crippen LogP contribution in [0.2, 0.25) is 5.02 Å². The molecule has 1 amide bonds. The Hall–Kier alpha value is -2.01. The predicted octanol–water partition coefficient (Wildman–Crippen LogP) is 4.46. The summed E-state index contributed by atoms with van der Waals surface area (Å²) in [5.74, 6) is 1.27. The van der Waals surface area contributed by atoms with Crippen molar-refractivity contribution in [1.82, 2.24) is 14.5 Å². The number of aryl methyl sites for hydroxylation is 1. The zero-order valence-corrected chi connectivity index (χ0v) is 23.5. The van der Waals surface area contributed by atoms with Crippen LogP contribution in [0.25, 0.3) is 10.9 Å². The zero-order chi connectivity index (χ0) is 26.4. The summed E-state index contributed by atoms with van der Waals surface area (Å²) in [5.41, 5.74) is 0.818. The molecule has 11 heteroatoms. The van der Waals surface area contributed by atoms with E-state index in [9.17, 15) is 9.59 Å². The molecule has 0 bridgehead atoms. The van der Waals surface area contributed by atoms with Gasteiger partial charge in [-0.1, -0.05) is 11.6 Å². The van der Waals surface area contributed by atoms with Gasteiger partial charge in [-0.3, -0.25) is 9.47 Å². The molecule has 0 N–H and O–H groups in total. The van der Waals surface area contributed by atoms with Crippen molar-refractivity contribution in [3.8, 4) is 0 Å². The largest absolute Gasteiger partial charge is 0.444 e. The van der Waals surface area contributed by atoms with Crippen LogP contribution in [0.3, 0.4) is 0 Å². The number of thioether (sulfide) groups is 1. The van der Waals surface area contributed by atoms with Gasteiger partial charge in [0.05, 0.1) is 40.2 Å². The molecule has 0 saturated carbocycles. The van der Waals surface area contributed by atoms with Gasteiger partial charge in [0, 0.05) is 31.3 Å². The third kappa shape index (κ3) is 5.18. The van der Waals surface area contributed by atoms with Crippen molar-refractivity contribution in [3.05, 3.63) is 27.1 Å². The van der Waals surface area contributed by atoms with E-state index in [1.165, 1.54) is 0 Å². The van der Waals surface area contributed by atoms with E-state index >= 15 is 0 Å². The van der Waals surface area contributed by atoms with Crippen molar-refractivity contribution in [1.29, 1.82) is 0 Å². The summed E-state index contributed by atoms with van der Waals surface area (Å²) in [7, 11) is 1.57. The molecule has 0 unspecified atom stereocenters. The van der Waals surface area contributed by atoms with Crippen LogP contribution in [0.4, 0.5) is 10.6 Å². The van der Waals surface area contributed by atoms with E-state index in [0.717, 1.165) is 21.4 Å². The molecule has 3 heterocycles. The fraction of sp³-hybridized carbons (Fsp3) is 0.640. The van der Waals surface area contributed by atoms with Gasteiger partial charge >= 0.3 is 11.8 Å². The highest BCUT2D eigenvalue weighted by Gasteiger charge is 2.37. The highest BCUT2D eigenvalue weighted by atomic mass is 35.5. The molecule has 1 aromatic carbocycles. The molecular weight excluding hydrogens is 504 g/mol. The smallest absolute Gasteiger partial charge is 0.410 e. The number of hydrogen-bond acceptors (Lipinski definition) is 8. The second-order valence-corrected chi connectivity index (χ2v) is 12.0. The molecule has 1 saturated heterocycles. The van der Waals surface area contributed by atoms with E-state index in [4.69, 9.17) is 25.8 Å². The molecule has 2 aliphatic heterocycles. The summed E-state index contributed by atoms with van der Waals surface area (Å²) < 4.78 is 18.0. The minimum Gasteiger partial charge on any atom is -0.444 e. The molecule has 198 valence electrons. The number of carbonyl (C=O) groups is 1. The van der Waals surface area contributed by atoms with Gasteiger partial charge in [-0.25, -0.2) is 9.59 Å². The number of rotatable bonds is 5. The van der Waals surface area contributed by atoms with Gasteiger partial charge in [-0.2, -0.15) is 4.98 Å². The summed E-state index contributed by atoms with van der Waals surface area (Å²) in [6.45, 7) is 13.1. The van der Waals surface area contributed by atoms with Crippen LogP contribution in [0.5, 0.6) is 0 Å². The molecule has 0 aliphatic carbocycles. The van der Waals surface area contributed by atoms with Crippen LogP contribution in [0.15, 0.2) is 15.8 Å². The number of aromatic nitrogens is 2. The SMILES string of the molecule is COCOC[C@H]1CSc2c(Cl)c(C)cc3c(N4C[C@@H](C)N(C(=O)OC(C)(C)C)[C@@H](C)C4)nc(=O)n1c23. The Labute approximate surface area is 221 Å². The van der Waals surface area contributed by atoms with Crippen LogP contribution in [-0.4, -0.2) is 77.6 Å². The highest BCUT2D eigenvalue weighted by Crippen LogP contribution is 2.44. The predicted molar refractivity (Wildman–Crippen MR) is 143 cm³/mol. The van der Waals surface area contributed by atoms with Gasteiger partial charge in [0.15, 0.2) is 0 Å².